The summed E-state index contributed by atoms with van der Waals surface area (Å²) in [7, 11) is 0. The van der Waals surface area contributed by atoms with Gasteiger partial charge >= 0.3 is 0 Å². The van der Waals surface area contributed by atoms with Crippen LogP contribution in [0, 0.1) is 6.92 Å². The molecule has 0 saturated heterocycles. The van der Waals surface area contributed by atoms with Crippen molar-refractivity contribution in [2.75, 3.05) is 0 Å². The van der Waals surface area contributed by atoms with E-state index in [-0.39, 0.29) is 5.78 Å². The van der Waals surface area contributed by atoms with E-state index < -0.39 is 0 Å². The van der Waals surface area contributed by atoms with Gasteiger partial charge in [-0.25, -0.2) is 4.98 Å². The molecule has 0 saturated carbocycles. The molecule has 4 heteroatoms. The minimum absolute atomic E-state index is 0.0205. The molecule has 3 rings (SSSR count). The van der Waals surface area contributed by atoms with Gasteiger partial charge in [0.1, 0.15) is 5.69 Å². The average Bonchev–Trinajstić information content (AvgIpc) is 2.85. The Kier molecular flexibility index (Phi) is 3.09. The highest BCUT2D eigenvalue weighted by Crippen LogP contribution is 2.14. The fraction of sp³-hybridized carbons (Fsp3) is 0.133. The number of fused-ring (bicyclic) bond motifs is 1. The Morgan fingerprint density at radius 3 is 2.79 bits per heavy atom. The molecule has 0 atom stereocenters. The zero-order valence-electron chi connectivity index (χ0n) is 10.5. The molecule has 2 heterocycles. The van der Waals surface area contributed by atoms with E-state index in [1.165, 1.54) is 11.3 Å². The van der Waals surface area contributed by atoms with Gasteiger partial charge in [-0.2, -0.15) is 0 Å². The van der Waals surface area contributed by atoms with Crippen LogP contribution in [0.4, 0.5) is 0 Å². The molecule has 0 radical (unpaired) electrons. The SMILES string of the molecule is Cc1nc(C(=O)Cc2ccc3ccccc3n2)cs1. The van der Waals surface area contributed by atoms with Crippen molar-refractivity contribution in [3.63, 3.8) is 0 Å². The van der Waals surface area contributed by atoms with Crippen molar-refractivity contribution in [1.29, 1.82) is 0 Å². The standard InChI is InChI=1S/C15H12N2OS/c1-10-16-14(9-19-10)15(18)8-12-7-6-11-4-2-3-5-13(11)17-12/h2-7,9H,8H2,1H3. The van der Waals surface area contributed by atoms with E-state index in [1.54, 1.807) is 5.38 Å². The molecule has 0 N–H and O–H groups in total. The number of aromatic nitrogens is 2. The normalized spacial score (nSPS) is 10.8. The van der Waals surface area contributed by atoms with Crippen LogP contribution in [-0.4, -0.2) is 15.8 Å². The highest BCUT2D eigenvalue weighted by molar-refractivity contribution is 7.09. The van der Waals surface area contributed by atoms with Gasteiger partial charge in [-0.3, -0.25) is 9.78 Å². The van der Waals surface area contributed by atoms with Gasteiger partial charge in [0, 0.05) is 16.5 Å². The smallest absolute Gasteiger partial charge is 0.187 e. The van der Waals surface area contributed by atoms with Gasteiger partial charge in [0.2, 0.25) is 0 Å². The second-order valence-corrected chi connectivity index (χ2v) is 5.41. The number of ketones is 1. The monoisotopic (exact) mass is 268 g/mol. The Labute approximate surface area is 115 Å². The van der Waals surface area contributed by atoms with Crippen LogP contribution in [-0.2, 0) is 6.42 Å². The predicted octanol–water partition coefficient (Wildman–Crippen LogP) is 3.43. The summed E-state index contributed by atoms with van der Waals surface area (Å²) in [4.78, 5) is 20.8. The van der Waals surface area contributed by atoms with Crippen molar-refractivity contribution in [3.05, 3.63) is 58.2 Å². The van der Waals surface area contributed by atoms with Gasteiger partial charge in [0.15, 0.2) is 5.78 Å². The molecule has 0 spiro atoms. The summed E-state index contributed by atoms with van der Waals surface area (Å²) in [6, 6.07) is 11.8. The quantitative estimate of drug-likeness (QED) is 0.683. The van der Waals surface area contributed by atoms with Crippen molar-refractivity contribution in [2.45, 2.75) is 13.3 Å². The Balaban J connectivity index is 1.87. The molecule has 0 aliphatic heterocycles. The third-order valence-electron chi connectivity index (χ3n) is 2.90. The first-order chi connectivity index (χ1) is 9.22. The number of hydrogen-bond donors (Lipinski definition) is 0. The molecular formula is C15H12N2OS. The summed E-state index contributed by atoms with van der Waals surface area (Å²) < 4.78 is 0. The second-order valence-electron chi connectivity index (χ2n) is 4.35. The zero-order chi connectivity index (χ0) is 13.2. The molecule has 0 fully saturated rings. The van der Waals surface area contributed by atoms with E-state index in [2.05, 4.69) is 9.97 Å². The lowest BCUT2D eigenvalue weighted by Crippen LogP contribution is -2.05. The van der Waals surface area contributed by atoms with Gasteiger partial charge < -0.3 is 0 Å². The molecule has 2 aromatic heterocycles. The van der Waals surface area contributed by atoms with Gasteiger partial charge in [-0.15, -0.1) is 11.3 Å². The first kappa shape index (κ1) is 12.0. The molecule has 1 aromatic carbocycles. The lowest BCUT2D eigenvalue weighted by atomic mass is 10.1. The minimum Gasteiger partial charge on any atom is -0.292 e. The lowest BCUT2D eigenvalue weighted by molar-refractivity contribution is 0.0988. The van der Waals surface area contributed by atoms with E-state index in [9.17, 15) is 4.79 Å². The van der Waals surface area contributed by atoms with Crippen molar-refractivity contribution >= 4 is 28.0 Å². The van der Waals surface area contributed by atoms with Crippen LogP contribution in [0.1, 0.15) is 21.2 Å². The molecule has 0 aliphatic rings. The summed E-state index contributed by atoms with van der Waals surface area (Å²) in [6.45, 7) is 1.90. The maximum Gasteiger partial charge on any atom is 0.187 e. The number of pyridine rings is 1. The molecule has 0 bridgehead atoms. The van der Waals surface area contributed by atoms with Crippen LogP contribution < -0.4 is 0 Å². The summed E-state index contributed by atoms with van der Waals surface area (Å²) in [5, 5.41) is 3.80. The van der Waals surface area contributed by atoms with Gasteiger partial charge in [0.25, 0.3) is 0 Å². The van der Waals surface area contributed by atoms with Crippen LogP contribution in [0.3, 0.4) is 0 Å². The number of rotatable bonds is 3. The van der Waals surface area contributed by atoms with Crippen LogP contribution >= 0.6 is 11.3 Å². The maximum atomic E-state index is 12.1. The molecular weight excluding hydrogens is 256 g/mol. The van der Waals surface area contributed by atoms with Crippen LogP contribution in [0.5, 0.6) is 0 Å². The van der Waals surface area contributed by atoms with Gasteiger partial charge in [-0.1, -0.05) is 24.3 Å². The van der Waals surface area contributed by atoms with Crippen LogP contribution in [0.25, 0.3) is 10.9 Å². The number of para-hydroxylation sites is 1. The number of carbonyl (C=O) groups excluding carboxylic acids is 1. The van der Waals surface area contributed by atoms with Crippen LogP contribution in [0.2, 0.25) is 0 Å². The Morgan fingerprint density at radius 1 is 1.16 bits per heavy atom. The van der Waals surface area contributed by atoms with Crippen molar-refractivity contribution in [3.8, 4) is 0 Å². The number of nitrogens with zero attached hydrogens (tertiary/aromatic N) is 2. The van der Waals surface area contributed by atoms with Crippen molar-refractivity contribution in [2.24, 2.45) is 0 Å². The lowest BCUT2D eigenvalue weighted by Gasteiger charge is -2.01. The fourth-order valence-electron chi connectivity index (χ4n) is 1.95. The molecule has 0 aliphatic carbocycles. The molecule has 3 aromatic rings. The topological polar surface area (TPSA) is 42.9 Å². The number of carbonyl (C=O) groups is 1. The number of hydrogen-bond acceptors (Lipinski definition) is 4. The van der Waals surface area contributed by atoms with Gasteiger partial charge in [-0.05, 0) is 19.1 Å². The zero-order valence-corrected chi connectivity index (χ0v) is 11.3. The third kappa shape index (κ3) is 2.53. The van der Waals surface area contributed by atoms with E-state index >= 15 is 0 Å². The average molecular weight is 268 g/mol. The molecule has 3 nitrogen and oxygen atoms in total. The highest BCUT2D eigenvalue weighted by atomic mass is 32.1. The first-order valence-electron chi connectivity index (χ1n) is 6.02. The molecule has 0 unspecified atom stereocenters. The van der Waals surface area contributed by atoms with E-state index in [0.29, 0.717) is 12.1 Å². The van der Waals surface area contributed by atoms with Crippen molar-refractivity contribution in [1.82, 2.24) is 9.97 Å². The minimum atomic E-state index is 0.0205. The number of thiazole rings is 1. The van der Waals surface area contributed by atoms with E-state index in [4.69, 9.17) is 0 Å². The second kappa shape index (κ2) is 4.90. The molecule has 19 heavy (non-hydrogen) atoms. The number of Topliss-reactive ketones (excluding diaryl/α,β-unsaturated/α-hetero) is 1. The van der Waals surface area contributed by atoms with Crippen LogP contribution in [0.15, 0.2) is 41.8 Å². The van der Waals surface area contributed by atoms with Crippen molar-refractivity contribution < 1.29 is 4.79 Å². The Hall–Kier alpha value is -2.07. The largest absolute Gasteiger partial charge is 0.292 e. The summed E-state index contributed by atoms with van der Waals surface area (Å²) in [5.41, 5.74) is 2.24. The molecule has 94 valence electrons. The van der Waals surface area contributed by atoms with Gasteiger partial charge in [0.05, 0.1) is 16.9 Å². The Bertz CT molecular complexity index is 748. The van der Waals surface area contributed by atoms with E-state index in [1.807, 2.05) is 43.3 Å². The first-order valence-corrected chi connectivity index (χ1v) is 6.90. The fourth-order valence-corrected chi connectivity index (χ4v) is 2.57. The summed E-state index contributed by atoms with van der Waals surface area (Å²) in [5.74, 6) is 0.0205. The third-order valence-corrected chi connectivity index (χ3v) is 3.68. The number of benzene rings is 1. The summed E-state index contributed by atoms with van der Waals surface area (Å²) >= 11 is 1.49. The Morgan fingerprint density at radius 2 is 2.00 bits per heavy atom. The van der Waals surface area contributed by atoms with E-state index in [0.717, 1.165) is 21.6 Å². The predicted molar refractivity (Wildman–Crippen MR) is 76.6 cm³/mol. The number of aryl methyl sites for hydroxylation is 1. The molecule has 0 amide bonds. The maximum absolute atomic E-state index is 12.1. The highest BCUT2D eigenvalue weighted by Gasteiger charge is 2.11. The summed E-state index contributed by atoms with van der Waals surface area (Å²) in [6.07, 6.45) is 0.300.